The minimum absolute atomic E-state index is 0.504. The van der Waals surface area contributed by atoms with E-state index in [9.17, 15) is 0 Å². The number of anilines is 1. The van der Waals surface area contributed by atoms with Crippen LogP contribution in [-0.4, -0.2) is 24.6 Å². The highest BCUT2D eigenvalue weighted by Crippen LogP contribution is 2.37. The summed E-state index contributed by atoms with van der Waals surface area (Å²) in [6.45, 7) is 8.13. The molecule has 2 unspecified atom stereocenters. The van der Waals surface area contributed by atoms with Gasteiger partial charge < -0.3 is 10.2 Å². The number of rotatable bonds is 4. The Hall–Kier alpha value is -0.610. The molecule has 118 valence electrons. The first kappa shape index (κ1) is 15.3. The van der Waals surface area contributed by atoms with Gasteiger partial charge in [0.1, 0.15) is 0 Å². The largest absolute Gasteiger partial charge is 0.348 e. The van der Waals surface area contributed by atoms with Crippen molar-refractivity contribution in [2.24, 2.45) is 5.92 Å². The second-order valence-electron chi connectivity index (χ2n) is 6.73. The van der Waals surface area contributed by atoms with Crippen LogP contribution in [0.3, 0.4) is 0 Å². The lowest BCUT2D eigenvalue weighted by Gasteiger charge is -2.22. The molecule has 2 atom stereocenters. The number of fused-ring (bicyclic) bond motifs is 1. The van der Waals surface area contributed by atoms with Crippen LogP contribution < -0.4 is 10.2 Å². The van der Waals surface area contributed by atoms with E-state index >= 15 is 0 Å². The van der Waals surface area contributed by atoms with Gasteiger partial charge in [0.2, 0.25) is 0 Å². The summed E-state index contributed by atoms with van der Waals surface area (Å²) < 4.78 is 0. The molecule has 0 saturated carbocycles. The Morgan fingerprint density at radius 3 is 3.00 bits per heavy atom. The van der Waals surface area contributed by atoms with Crippen LogP contribution in [-0.2, 0) is 6.42 Å². The molecule has 2 aliphatic rings. The molecule has 4 heteroatoms. The van der Waals surface area contributed by atoms with Gasteiger partial charge in [-0.25, -0.2) is 4.98 Å². The lowest BCUT2D eigenvalue weighted by atomic mass is 9.97. The number of hydrogen-bond donors (Lipinski definition) is 1. The highest BCUT2D eigenvalue weighted by atomic mass is 32.1. The van der Waals surface area contributed by atoms with Crippen molar-refractivity contribution in [3.05, 3.63) is 10.6 Å². The second kappa shape index (κ2) is 7.10. The molecule has 21 heavy (non-hydrogen) atoms. The lowest BCUT2D eigenvalue weighted by molar-refractivity contribution is 0.454. The Balaban J connectivity index is 1.74. The van der Waals surface area contributed by atoms with Gasteiger partial charge in [-0.05, 0) is 57.4 Å². The fourth-order valence-corrected chi connectivity index (χ4v) is 4.73. The van der Waals surface area contributed by atoms with Crippen LogP contribution in [0.15, 0.2) is 0 Å². The monoisotopic (exact) mass is 307 g/mol. The molecule has 3 rings (SSSR count). The fourth-order valence-electron chi connectivity index (χ4n) is 3.51. The summed E-state index contributed by atoms with van der Waals surface area (Å²) in [5, 5.41) is 4.98. The van der Waals surface area contributed by atoms with Crippen LogP contribution in [0, 0.1) is 5.92 Å². The number of aryl methyl sites for hydroxylation is 1. The second-order valence-corrected chi connectivity index (χ2v) is 7.79. The predicted octanol–water partition coefficient (Wildman–Crippen LogP) is 4.15. The van der Waals surface area contributed by atoms with Gasteiger partial charge in [0, 0.05) is 18.0 Å². The normalized spacial score (nSPS) is 26.5. The molecule has 1 fully saturated rings. The smallest absolute Gasteiger partial charge is 0.185 e. The van der Waals surface area contributed by atoms with E-state index in [1.807, 2.05) is 11.3 Å². The zero-order valence-corrected chi connectivity index (χ0v) is 14.3. The zero-order chi connectivity index (χ0) is 14.7. The van der Waals surface area contributed by atoms with E-state index in [1.165, 1.54) is 68.9 Å². The Bertz CT molecular complexity index is 457. The summed E-state index contributed by atoms with van der Waals surface area (Å²) in [6.07, 6.45) is 9.03. The van der Waals surface area contributed by atoms with Gasteiger partial charge in [0.25, 0.3) is 0 Å². The fraction of sp³-hybridized carbons (Fsp3) is 0.824. The number of aromatic nitrogens is 1. The van der Waals surface area contributed by atoms with Crippen molar-refractivity contribution in [1.29, 1.82) is 0 Å². The summed E-state index contributed by atoms with van der Waals surface area (Å²) in [4.78, 5) is 9.15. The molecular formula is C17H29N3S. The summed E-state index contributed by atoms with van der Waals surface area (Å²) in [7, 11) is 0. The maximum atomic E-state index is 5.06. The van der Waals surface area contributed by atoms with Gasteiger partial charge in [-0.1, -0.05) is 13.8 Å². The molecular weight excluding hydrogens is 278 g/mol. The van der Waals surface area contributed by atoms with Crippen molar-refractivity contribution in [3.63, 3.8) is 0 Å². The molecule has 1 aliphatic heterocycles. The van der Waals surface area contributed by atoms with E-state index in [1.54, 1.807) is 4.88 Å². The molecule has 0 radical (unpaired) electrons. The van der Waals surface area contributed by atoms with Gasteiger partial charge in [0.15, 0.2) is 5.13 Å². The maximum Gasteiger partial charge on any atom is 0.185 e. The van der Waals surface area contributed by atoms with E-state index in [2.05, 4.69) is 24.1 Å². The molecule has 1 saturated heterocycles. The molecule has 1 aromatic rings. The van der Waals surface area contributed by atoms with E-state index in [-0.39, 0.29) is 0 Å². The van der Waals surface area contributed by atoms with Crippen molar-refractivity contribution < 1.29 is 0 Å². The zero-order valence-electron chi connectivity index (χ0n) is 13.5. The first-order valence-electron chi connectivity index (χ1n) is 8.76. The molecule has 1 aliphatic carbocycles. The molecule has 1 N–H and O–H groups in total. The van der Waals surface area contributed by atoms with Gasteiger partial charge in [-0.2, -0.15) is 0 Å². The van der Waals surface area contributed by atoms with Crippen LogP contribution in [0.25, 0.3) is 0 Å². The Morgan fingerprint density at radius 2 is 2.14 bits per heavy atom. The number of nitrogens with zero attached hydrogens (tertiary/aromatic N) is 2. The van der Waals surface area contributed by atoms with E-state index < -0.39 is 0 Å². The highest BCUT2D eigenvalue weighted by Gasteiger charge is 2.26. The van der Waals surface area contributed by atoms with E-state index in [4.69, 9.17) is 4.98 Å². The minimum Gasteiger partial charge on any atom is -0.348 e. The Kier molecular flexibility index (Phi) is 5.17. The van der Waals surface area contributed by atoms with Crippen molar-refractivity contribution in [2.45, 2.75) is 64.8 Å². The topological polar surface area (TPSA) is 28.2 Å². The van der Waals surface area contributed by atoms with E-state index in [0.29, 0.717) is 6.04 Å². The SMILES string of the molecule is CCCNC1CCCc2sc(N3CCCC(C)CC3)nc21. The van der Waals surface area contributed by atoms with Crippen LogP contribution in [0.5, 0.6) is 0 Å². The summed E-state index contributed by atoms with van der Waals surface area (Å²) in [5.74, 6) is 0.878. The van der Waals surface area contributed by atoms with Crippen molar-refractivity contribution >= 4 is 16.5 Å². The third-order valence-electron chi connectivity index (χ3n) is 4.87. The summed E-state index contributed by atoms with van der Waals surface area (Å²) >= 11 is 1.96. The number of thiazole rings is 1. The van der Waals surface area contributed by atoms with Gasteiger partial charge in [-0.3, -0.25) is 0 Å². The standard InChI is InChI=1S/C17H29N3S/c1-3-10-18-14-7-4-8-15-16(14)19-17(21-15)20-11-5-6-13(2)9-12-20/h13-14,18H,3-12H2,1-2H3. The minimum atomic E-state index is 0.504. The Morgan fingerprint density at radius 1 is 1.24 bits per heavy atom. The first-order valence-corrected chi connectivity index (χ1v) is 9.57. The molecule has 3 nitrogen and oxygen atoms in total. The predicted molar refractivity (Wildman–Crippen MR) is 91.3 cm³/mol. The van der Waals surface area contributed by atoms with Crippen LogP contribution in [0.2, 0.25) is 0 Å². The number of nitrogens with one attached hydrogen (secondary N) is 1. The van der Waals surface area contributed by atoms with Crippen molar-refractivity contribution in [1.82, 2.24) is 10.3 Å². The van der Waals surface area contributed by atoms with Gasteiger partial charge in [0.05, 0.1) is 11.7 Å². The maximum absolute atomic E-state index is 5.06. The lowest BCUT2D eigenvalue weighted by Crippen LogP contribution is -2.26. The van der Waals surface area contributed by atoms with E-state index in [0.717, 1.165) is 12.5 Å². The summed E-state index contributed by atoms with van der Waals surface area (Å²) in [6, 6.07) is 0.504. The van der Waals surface area contributed by atoms with Crippen LogP contribution in [0.1, 0.15) is 69.0 Å². The van der Waals surface area contributed by atoms with Gasteiger partial charge in [-0.15, -0.1) is 11.3 Å². The highest BCUT2D eigenvalue weighted by molar-refractivity contribution is 7.15. The molecule has 2 heterocycles. The van der Waals surface area contributed by atoms with Gasteiger partial charge >= 0.3 is 0 Å². The average Bonchev–Trinajstić information content (AvgIpc) is 2.81. The average molecular weight is 308 g/mol. The molecule has 1 aromatic heterocycles. The molecule has 0 bridgehead atoms. The molecule has 0 spiro atoms. The Labute approximate surface area is 133 Å². The number of hydrogen-bond acceptors (Lipinski definition) is 4. The summed E-state index contributed by atoms with van der Waals surface area (Å²) in [5.41, 5.74) is 1.37. The third kappa shape index (κ3) is 3.59. The van der Waals surface area contributed by atoms with Crippen LogP contribution >= 0.6 is 11.3 Å². The quantitative estimate of drug-likeness (QED) is 0.906. The van der Waals surface area contributed by atoms with Crippen LogP contribution in [0.4, 0.5) is 5.13 Å². The molecule has 0 amide bonds. The molecule has 0 aromatic carbocycles. The third-order valence-corrected chi connectivity index (χ3v) is 6.06. The van der Waals surface area contributed by atoms with Crippen molar-refractivity contribution in [3.8, 4) is 0 Å². The first-order chi connectivity index (χ1) is 10.3. The van der Waals surface area contributed by atoms with Crippen molar-refractivity contribution in [2.75, 3.05) is 24.5 Å².